The van der Waals surface area contributed by atoms with Crippen LogP contribution in [0.5, 0.6) is 0 Å². The molecule has 134 valence electrons. The maximum Gasteiger partial charge on any atom is 0.259 e. The maximum atomic E-state index is 13.2. The van der Waals surface area contributed by atoms with Gasteiger partial charge in [-0.3, -0.25) is 4.79 Å². The number of amides is 1. The van der Waals surface area contributed by atoms with E-state index in [0.29, 0.717) is 32.6 Å². The van der Waals surface area contributed by atoms with Crippen LogP contribution in [-0.2, 0) is 0 Å². The van der Waals surface area contributed by atoms with Gasteiger partial charge in [-0.25, -0.2) is 0 Å². The number of benzene rings is 1. The molecule has 1 fully saturated rings. The summed E-state index contributed by atoms with van der Waals surface area (Å²) in [5.41, 5.74) is 1.40. The number of hydrogen-bond acceptors (Lipinski definition) is 3. The van der Waals surface area contributed by atoms with Crippen LogP contribution >= 0.6 is 23.2 Å². The number of aryl methyl sites for hydroxylation is 1. The Labute approximate surface area is 158 Å². The van der Waals surface area contributed by atoms with Gasteiger partial charge >= 0.3 is 0 Å². The highest BCUT2D eigenvalue weighted by Crippen LogP contribution is 2.37. The van der Waals surface area contributed by atoms with Crippen LogP contribution in [0.4, 0.5) is 0 Å². The average molecular weight is 381 g/mol. The summed E-state index contributed by atoms with van der Waals surface area (Å²) in [6.07, 6.45) is 6.88. The Morgan fingerprint density at radius 2 is 1.76 bits per heavy atom. The third-order valence-electron chi connectivity index (χ3n) is 4.97. The molecule has 3 rings (SSSR count). The van der Waals surface area contributed by atoms with Crippen LogP contribution in [0, 0.1) is 6.92 Å². The van der Waals surface area contributed by atoms with Gasteiger partial charge in [0.05, 0.1) is 10.0 Å². The van der Waals surface area contributed by atoms with Crippen LogP contribution in [0.2, 0.25) is 10.0 Å². The molecule has 6 heteroatoms. The minimum absolute atomic E-state index is 0.0864. The first kappa shape index (κ1) is 18.3. The average Bonchev–Trinajstić information content (AvgIpc) is 2.80. The summed E-state index contributed by atoms with van der Waals surface area (Å²) < 4.78 is 5.33. The molecule has 0 atom stereocenters. The molecule has 0 aliphatic heterocycles. The van der Waals surface area contributed by atoms with Crippen molar-refractivity contribution in [3.05, 3.63) is 39.6 Å². The molecule has 1 aliphatic carbocycles. The Morgan fingerprint density at radius 3 is 2.36 bits per heavy atom. The van der Waals surface area contributed by atoms with Crippen LogP contribution in [0.1, 0.15) is 54.6 Å². The predicted octanol–water partition coefficient (Wildman–Crippen LogP) is 5.75. The minimum Gasteiger partial charge on any atom is -0.360 e. The highest BCUT2D eigenvalue weighted by atomic mass is 35.5. The van der Waals surface area contributed by atoms with Crippen molar-refractivity contribution in [3.8, 4) is 11.3 Å². The summed E-state index contributed by atoms with van der Waals surface area (Å²) >= 11 is 12.6. The standard InChI is InChI=1S/C19H22Cl2N2O2/c1-12-16(19(24)23(2)13-8-5-3-4-6-9-13)18(22-25-12)17-14(20)10-7-11-15(17)21/h7,10-11,13H,3-6,8-9H2,1-2H3. The number of aromatic nitrogens is 1. The van der Waals surface area contributed by atoms with Crippen molar-refractivity contribution in [3.63, 3.8) is 0 Å². The van der Waals surface area contributed by atoms with Crippen LogP contribution in [0.3, 0.4) is 0 Å². The molecule has 4 nitrogen and oxygen atoms in total. The first-order valence-corrected chi connectivity index (χ1v) is 9.44. The SMILES string of the molecule is Cc1onc(-c2c(Cl)cccc2Cl)c1C(=O)N(C)C1CCCCCC1. The lowest BCUT2D eigenvalue weighted by molar-refractivity contribution is 0.0716. The highest BCUT2D eigenvalue weighted by molar-refractivity contribution is 6.39. The van der Waals surface area contributed by atoms with Gasteiger partial charge in [0.15, 0.2) is 0 Å². The van der Waals surface area contributed by atoms with E-state index in [4.69, 9.17) is 27.7 Å². The van der Waals surface area contributed by atoms with Crippen molar-refractivity contribution in [2.45, 2.75) is 51.5 Å². The molecule has 1 aromatic heterocycles. The topological polar surface area (TPSA) is 46.3 Å². The summed E-state index contributed by atoms with van der Waals surface area (Å²) in [5, 5.41) is 4.99. The second-order valence-electron chi connectivity index (χ2n) is 6.62. The van der Waals surface area contributed by atoms with E-state index in [2.05, 4.69) is 5.16 Å². The third kappa shape index (κ3) is 3.70. The number of carbonyl (C=O) groups is 1. The Bertz CT molecular complexity index is 745. The van der Waals surface area contributed by atoms with Crippen molar-refractivity contribution >= 4 is 29.1 Å². The Morgan fingerprint density at radius 1 is 1.16 bits per heavy atom. The molecule has 0 saturated heterocycles. The molecule has 2 aromatic rings. The zero-order valence-corrected chi connectivity index (χ0v) is 16.0. The van der Waals surface area contributed by atoms with E-state index in [1.165, 1.54) is 12.8 Å². The third-order valence-corrected chi connectivity index (χ3v) is 5.60. The highest BCUT2D eigenvalue weighted by Gasteiger charge is 2.30. The molecule has 0 radical (unpaired) electrons. The number of carbonyl (C=O) groups excluding carboxylic acids is 1. The Hall–Kier alpha value is -1.52. The fourth-order valence-electron chi connectivity index (χ4n) is 3.51. The van der Waals surface area contributed by atoms with Gasteiger partial charge in [0.25, 0.3) is 5.91 Å². The molecule has 0 bridgehead atoms. The summed E-state index contributed by atoms with van der Waals surface area (Å²) in [6, 6.07) is 5.48. The van der Waals surface area contributed by atoms with Crippen molar-refractivity contribution in [1.82, 2.24) is 10.1 Å². The van der Waals surface area contributed by atoms with Crippen LogP contribution in [0.25, 0.3) is 11.3 Å². The van der Waals surface area contributed by atoms with Gasteiger partial charge in [-0.1, -0.05) is 60.1 Å². The van der Waals surface area contributed by atoms with Crippen molar-refractivity contribution in [1.29, 1.82) is 0 Å². The molecular formula is C19H22Cl2N2O2. The van der Waals surface area contributed by atoms with Gasteiger partial charge in [-0.05, 0) is 31.9 Å². The lowest BCUT2D eigenvalue weighted by Crippen LogP contribution is -2.37. The fourth-order valence-corrected chi connectivity index (χ4v) is 4.08. The van der Waals surface area contributed by atoms with Gasteiger partial charge in [-0.15, -0.1) is 0 Å². The number of hydrogen-bond donors (Lipinski definition) is 0. The van der Waals surface area contributed by atoms with Gasteiger partial charge in [0.2, 0.25) is 0 Å². The normalized spacial score (nSPS) is 15.8. The fraction of sp³-hybridized carbons (Fsp3) is 0.474. The van der Waals surface area contributed by atoms with E-state index < -0.39 is 0 Å². The number of nitrogens with zero attached hydrogens (tertiary/aromatic N) is 2. The molecule has 1 amide bonds. The Balaban J connectivity index is 1.97. The van der Waals surface area contributed by atoms with E-state index in [-0.39, 0.29) is 11.9 Å². The zero-order valence-electron chi connectivity index (χ0n) is 14.5. The van der Waals surface area contributed by atoms with Gasteiger partial charge in [0, 0.05) is 18.7 Å². The van der Waals surface area contributed by atoms with Crippen molar-refractivity contribution < 1.29 is 9.32 Å². The van der Waals surface area contributed by atoms with E-state index in [0.717, 1.165) is 25.7 Å². The summed E-state index contributed by atoms with van der Waals surface area (Å²) in [5.74, 6) is 0.396. The first-order valence-electron chi connectivity index (χ1n) is 8.68. The van der Waals surface area contributed by atoms with Crippen LogP contribution in [0.15, 0.2) is 22.7 Å². The molecule has 1 heterocycles. The second kappa shape index (κ2) is 7.79. The number of rotatable bonds is 3. The summed E-state index contributed by atoms with van der Waals surface area (Å²) in [4.78, 5) is 15.0. The second-order valence-corrected chi connectivity index (χ2v) is 7.43. The van der Waals surface area contributed by atoms with E-state index >= 15 is 0 Å². The largest absolute Gasteiger partial charge is 0.360 e. The van der Waals surface area contributed by atoms with Gasteiger partial charge in [0.1, 0.15) is 17.0 Å². The van der Waals surface area contributed by atoms with E-state index in [1.54, 1.807) is 25.1 Å². The molecule has 0 unspecified atom stereocenters. The molecule has 0 spiro atoms. The van der Waals surface area contributed by atoms with E-state index in [9.17, 15) is 4.79 Å². The maximum absolute atomic E-state index is 13.2. The van der Waals surface area contributed by atoms with Crippen LogP contribution < -0.4 is 0 Å². The molecule has 25 heavy (non-hydrogen) atoms. The van der Waals surface area contributed by atoms with Crippen LogP contribution in [-0.4, -0.2) is 29.1 Å². The monoisotopic (exact) mass is 380 g/mol. The quantitative estimate of drug-likeness (QED) is 0.636. The van der Waals surface area contributed by atoms with Gasteiger partial charge in [-0.2, -0.15) is 0 Å². The summed E-state index contributed by atoms with van der Waals surface area (Å²) in [7, 11) is 1.86. The van der Waals surface area contributed by atoms with Crippen molar-refractivity contribution in [2.75, 3.05) is 7.05 Å². The molecule has 1 aliphatic rings. The predicted molar refractivity (Wildman–Crippen MR) is 100 cm³/mol. The summed E-state index contributed by atoms with van der Waals surface area (Å²) in [6.45, 7) is 1.75. The van der Waals surface area contributed by atoms with E-state index in [1.807, 2.05) is 11.9 Å². The zero-order chi connectivity index (χ0) is 18.0. The smallest absolute Gasteiger partial charge is 0.259 e. The lowest BCUT2D eigenvalue weighted by Gasteiger charge is -2.27. The molecular weight excluding hydrogens is 359 g/mol. The van der Waals surface area contributed by atoms with Crippen molar-refractivity contribution in [2.24, 2.45) is 0 Å². The minimum atomic E-state index is -0.0864. The molecule has 1 aromatic carbocycles. The first-order chi connectivity index (χ1) is 12.0. The lowest BCUT2D eigenvalue weighted by atomic mass is 10.0. The molecule has 0 N–H and O–H groups in total. The number of halogens is 2. The Kier molecular flexibility index (Phi) is 5.70. The molecule has 1 saturated carbocycles. The van der Waals surface area contributed by atoms with Gasteiger partial charge < -0.3 is 9.42 Å².